The van der Waals surface area contributed by atoms with E-state index in [2.05, 4.69) is 31.5 Å². The summed E-state index contributed by atoms with van der Waals surface area (Å²) in [6.45, 7) is 2.00. The molecule has 2 rings (SSSR count). The van der Waals surface area contributed by atoms with Gasteiger partial charge in [-0.2, -0.15) is 4.68 Å². The van der Waals surface area contributed by atoms with Gasteiger partial charge in [0.05, 0.1) is 5.69 Å². The molecule has 0 fully saturated rings. The minimum Gasteiger partial charge on any atom is -0.196 e. The highest BCUT2D eigenvalue weighted by Gasteiger charge is 2.09. The molecule has 0 aliphatic rings. The molecule has 0 radical (unpaired) electrons. The number of halogens is 2. The van der Waals surface area contributed by atoms with Gasteiger partial charge < -0.3 is 0 Å². The van der Waals surface area contributed by atoms with E-state index >= 15 is 0 Å². The predicted octanol–water partition coefficient (Wildman–Crippen LogP) is 2.64. The van der Waals surface area contributed by atoms with E-state index in [0.29, 0.717) is 5.02 Å². The van der Waals surface area contributed by atoms with Crippen molar-refractivity contribution in [3.05, 3.63) is 33.5 Å². The summed E-state index contributed by atoms with van der Waals surface area (Å²) in [6.07, 6.45) is 0.770. The van der Waals surface area contributed by atoms with Gasteiger partial charge in [-0.05, 0) is 44.6 Å². The van der Waals surface area contributed by atoms with Crippen LogP contribution in [0.5, 0.6) is 0 Å². The molecule has 2 aromatic rings. The highest BCUT2D eigenvalue weighted by atomic mass is 79.9. The van der Waals surface area contributed by atoms with Gasteiger partial charge in [0.2, 0.25) is 0 Å². The van der Waals surface area contributed by atoms with E-state index in [4.69, 9.17) is 11.6 Å². The Hall–Kier alpha value is -0.940. The lowest BCUT2D eigenvalue weighted by Gasteiger charge is -2.05. The van der Waals surface area contributed by atoms with Gasteiger partial charge in [-0.3, -0.25) is 0 Å². The molecule has 0 saturated heterocycles. The summed E-state index contributed by atoms with van der Waals surface area (Å²) in [4.78, 5) is 0. The second-order valence-corrected chi connectivity index (χ2v) is 4.25. The molecule has 1 aromatic carbocycles. The first-order chi connectivity index (χ1) is 7.22. The number of nitrogens with zero attached hydrogens (tertiary/aromatic N) is 4. The molecule has 0 unspecified atom stereocenters. The van der Waals surface area contributed by atoms with Gasteiger partial charge in [0.1, 0.15) is 0 Å². The summed E-state index contributed by atoms with van der Waals surface area (Å²) < 4.78 is 2.59. The summed E-state index contributed by atoms with van der Waals surface area (Å²) in [5, 5.41) is 12.1. The van der Waals surface area contributed by atoms with Crippen molar-refractivity contribution in [1.29, 1.82) is 0 Å². The van der Waals surface area contributed by atoms with Gasteiger partial charge in [0.25, 0.3) is 0 Å². The van der Waals surface area contributed by atoms with Crippen molar-refractivity contribution in [2.24, 2.45) is 0 Å². The maximum atomic E-state index is 5.93. The number of hydrogen-bond acceptors (Lipinski definition) is 3. The minimum atomic E-state index is 0.658. The third-order valence-corrected chi connectivity index (χ3v) is 2.89. The molecule has 0 N–H and O–H groups in total. The fourth-order valence-corrected chi connectivity index (χ4v) is 1.84. The third kappa shape index (κ3) is 2.03. The summed E-state index contributed by atoms with van der Waals surface area (Å²) in [6, 6.07) is 5.51. The van der Waals surface area contributed by atoms with Gasteiger partial charge in [0, 0.05) is 15.9 Å². The second kappa shape index (κ2) is 4.28. The maximum Gasteiger partial charge on any atom is 0.156 e. The average molecular weight is 288 g/mol. The highest BCUT2D eigenvalue weighted by Crippen LogP contribution is 2.24. The topological polar surface area (TPSA) is 43.6 Å². The first-order valence-corrected chi connectivity index (χ1v) is 5.62. The van der Waals surface area contributed by atoms with Crippen LogP contribution in [0.25, 0.3) is 5.69 Å². The highest BCUT2D eigenvalue weighted by molar-refractivity contribution is 9.10. The predicted molar refractivity (Wildman–Crippen MR) is 61.2 cm³/mol. The van der Waals surface area contributed by atoms with Crippen LogP contribution in [0.2, 0.25) is 5.02 Å². The molecule has 0 saturated carbocycles. The fraction of sp³-hybridized carbons (Fsp3) is 0.222. The van der Waals surface area contributed by atoms with Crippen LogP contribution in [0.4, 0.5) is 0 Å². The van der Waals surface area contributed by atoms with Crippen LogP contribution in [0.15, 0.2) is 22.7 Å². The van der Waals surface area contributed by atoms with Crippen molar-refractivity contribution in [3.8, 4) is 5.69 Å². The van der Waals surface area contributed by atoms with Crippen LogP contribution in [-0.2, 0) is 6.42 Å². The Kier molecular flexibility index (Phi) is 3.02. The summed E-state index contributed by atoms with van der Waals surface area (Å²) >= 11 is 9.37. The zero-order chi connectivity index (χ0) is 10.8. The Morgan fingerprint density at radius 2 is 2.27 bits per heavy atom. The average Bonchev–Trinajstić information content (AvgIpc) is 2.69. The van der Waals surface area contributed by atoms with Crippen molar-refractivity contribution in [2.75, 3.05) is 0 Å². The van der Waals surface area contributed by atoms with Crippen molar-refractivity contribution in [3.63, 3.8) is 0 Å². The summed E-state index contributed by atoms with van der Waals surface area (Å²) in [5.74, 6) is 0.804. The normalized spacial score (nSPS) is 10.6. The number of hydrogen-bond donors (Lipinski definition) is 0. The fourth-order valence-electron chi connectivity index (χ4n) is 1.26. The molecule has 1 aromatic heterocycles. The van der Waals surface area contributed by atoms with Crippen LogP contribution in [0.3, 0.4) is 0 Å². The Bertz CT molecular complexity index is 483. The lowest BCUT2D eigenvalue weighted by Crippen LogP contribution is -2.02. The molecule has 0 amide bonds. The van der Waals surface area contributed by atoms with Gasteiger partial charge in [-0.1, -0.05) is 18.5 Å². The van der Waals surface area contributed by atoms with E-state index < -0.39 is 0 Å². The zero-order valence-electron chi connectivity index (χ0n) is 7.98. The molecule has 0 atom stereocenters. The maximum absolute atomic E-state index is 5.93. The number of tetrazole rings is 1. The third-order valence-electron chi connectivity index (χ3n) is 1.99. The zero-order valence-corrected chi connectivity index (χ0v) is 10.3. The largest absolute Gasteiger partial charge is 0.196 e. The first kappa shape index (κ1) is 10.6. The van der Waals surface area contributed by atoms with E-state index in [1.165, 1.54) is 0 Å². The van der Waals surface area contributed by atoms with E-state index in [1.807, 2.05) is 25.1 Å². The van der Waals surface area contributed by atoms with Crippen LogP contribution in [0, 0.1) is 0 Å². The lowest BCUT2D eigenvalue weighted by atomic mass is 10.3. The monoisotopic (exact) mass is 286 g/mol. The number of aryl methyl sites for hydroxylation is 1. The van der Waals surface area contributed by atoms with Crippen molar-refractivity contribution >= 4 is 27.5 Å². The Morgan fingerprint density at radius 3 is 3.00 bits per heavy atom. The molecule has 0 aliphatic heterocycles. The first-order valence-electron chi connectivity index (χ1n) is 4.45. The van der Waals surface area contributed by atoms with Crippen LogP contribution < -0.4 is 0 Å². The number of benzene rings is 1. The smallest absolute Gasteiger partial charge is 0.156 e. The van der Waals surface area contributed by atoms with Crippen molar-refractivity contribution < 1.29 is 0 Å². The van der Waals surface area contributed by atoms with E-state index in [0.717, 1.165) is 22.4 Å². The van der Waals surface area contributed by atoms with Gasteiger partial charge >= 0.3 is 0 Å². The van der Waals surface area contributed by atoms with Crippen molar-refractivity contribution in [2.45, 2.75) is 13.3 Å². The Morgan fingerprint density at radius 1 is 1.47 bits per heavy atom. The Labute approximate surface area is 100 Å². The van der Waals surface area contributed by atoms with Gasteiger partial charge in [-0.15, -0.1) is 5.10 Å². The molecule has 0 spiro atoms. The molecule has 1 heterocycles. The number of rotatable bonds is 2. The number of aromatic nitrogens is 4. The SMILES string of the molecule is CCc1nnnn1-c1cc(Cl)ccc1Br. The van der Waals surface area contributed by atoms with E-state index in [9.17, 15) is 0 Å². The Balaban J connectivity index is 2.58. The van der Waals surface area contributed by atoms with Crippen molar-refractivity contribution in [1.82, 2.24) is 20.2 Å². The van der Waals surface area contributed by atoms with Crippen LogP contribution >= 0.6 is 27.5 Å². The van der Waals surface area contributed by atoms with Gasteiger partial charge in [0.15, 0.2) is 5.82 Å². The summed E-state index contributed by atoms with van der Waals surface area (Å²) in [5.41, 5.74) is 0.851. The molecule has 78 valence electrons. The van der Waals surface area contributed by atoms with E-state index in [-0.39, 0.29) is 0 Å². The second-order valence-electron chi connectivity index (χ2n) is 2.96. The molecule has 15 heavy (non-hydrogen) atoms. The quantitative estimate of drug-likeness (QED) is 0.853. The van der Waals surface area contributed by atoms with Crippen LogP contribution in [-0.4, -0.2) is 20.2 Å². The standard InChI is InChI=1S/C9H8BrClN4/c1-2-9-12-13-14-15(9)8-5-6(11)3-4-7(8)10/h3-5H,2H2,1H3. The van der Waals surface area contributed by atoms with E-state index in [1.54, 1.807) is 4.68 Å². The minimum absolute atomic E-state index is 0.658. The molecule has 0 bridgehead atoms. The molecular weight excluding hydrogens is 279 g/mol. The molecule has 4 nitrogen and oxygen atoms in total. The molecule has 0 aliphatic carbocycles. The molecule has 6 heteroatoms. The van der Waals surface area contributed by atoms with Gasteiger partial charge in [-0.25, -0.2) is 0 Å². The molecular formula is C9H8BrClN4. The lowest BCUT2D eigenvalue weighted by molar-refractivity contribution is 0.764. The summed E-state index contributed by atoms with van der Waals surface area (Å²) in [7, 11) is 0. The van der Waals surface area contributed by atoms with Crippen LogP contribution in [0.1, 0.15) is 12.7 Å².